The van der Waals surface area contributed by atoms with Gasteiger partial charge in [0.05, 0.1) is 78.2 Å². The van der Waals surface area contributed by atoms with E-state index in [2.05, 4.69) is 38.8 Å². The molecule has 27 heteroatoms. The van der Waals surface area contributed by atoms with Crippen LogP contribution in [-0.2, 0) is 90.5 Å². The van der Waals surface area contributed by atoms with Crippen molar-refractivity contribution in [2.75, 3.05) is 97.6 Å². The molecule has 1 heterocycles. The number of benzene rings is 1. The van der Waals surface area contributed by atoms with E-state index >= 15 is 0 Å². The minimum atomic E-state index is -1.27. The van der Waals surface area contributed by atoms with E-state index < -0.39 is 66.3 Å². The third-order valence-electron chi connectivity index (χ3n) is 15.0. The SMILES string of the molecule is CCCCCCCCNC(=O)CCCCCCCCCCC(=O)Nc1cc(C(=O)NCCOCCOCCOC2C[C@H](C)[C@H](OC(C)=O)C[C@H]2NC(C)=O)cc(C(=O)NCCOCCOCCOC2O[C@H](COC(C)=O)[C@H](OC(C)=O)[C@H](OC(C)=O)[C@H]2NC(C)=O)c1. The first-order chi connectivity index (χ1) is 44.2. The molecule has 2 fully saturated rings. The number of ether oxygens (including phenoxy) is 11. The molecule has 6 N–H and O–H groups in total. The Hall–Kier alpha value is -6.36. The summed E-state index contributed by atoms with van der Waals surface area (Å²) in [6.07, 6.45) is 11.0. The fraction of sp³-hybridized carbons (Fsp3) is 0.754. The van der Waals surface area contributed by atoms with E-state index in [-0.39, 0.29) is 157 Å². The van der Waals surface area contributed by atoms with Gasteiger partial charge in [-0.2, -0.15) is 0 Å². The van der Waals surface area contributed by atoms with Crippen LogP contribution < -0.4 is 31.9 Å². The Bertz CT molecular complexity index is 2400. The number of nitrogens with one attached hydrogen (secondary N) is 6. The Morgan fingerprint density at radius 3 is 1.50 bits per heavy atom. The Labute approximate surface area is 542 Å². The average molecular weight is 1310 g/mol. The Morgan fingerprint density at radius 1 is 0.478 bits per heavy atom. The Balaban J connectivity index is 1.47. The quantitative estimate of drug-likeness (QED) is 0.0268. The van der Waals surface area contributed by atoms with Gasteiger partial charge in [-0.15, -0.1) is 0 Å². The van der Waals surface area contributed by atoms with Gasteiger partial charge in [0.15, 0.2) is 18.5 Å². The summed E-state index contributed by atoms with van der Waals surface area (Å²) in [7, 11) is 0. The molecule has 1 aliphatic carbocycles. The smallest absolute Gasteiger partial charge is 0.303 e. The molecule has 6 amide bonds. The van der Waals surface area contributed by atoms with E-state index in [1.165, 1.54) is 71.6 Å². The van der Waals surface area contributed by atoms with Crippen molar-refractivity contribution in [2.24, 2.45) is 5.92 Å². The van der Waals surface area contributed by atoms with Crippen LogP contribution in [0.5, 0.6) is 0 Å². The molecule has 1 saturated carbocycles. The molecule has 2 unspecified atom stereocenters. The lowest BCUT2D eigenvalue weighted by Crippen LogP contribution is -2.66. The minimum Gasteiger partial charge on any atom is -0.463 e. The number of unbranched alkanes of at least 4 members (excludes halogenated alkanes) is 12. The van der Waals surface area contributed by atoms with Crippen molar-refractivity contribution in [3.8, 4) is 0 Å². The highest BCUT2D eigenvalue weighted by molar-refractivity contribution is 6.02. The highest BCUT2D eigenvalue weighted by Crippen LogP contribution is 2.31. The van der Waals surface area contributed by atoms with Gasteiger partial charge in [-0.1, -0.05) is 84.5 Å². The molecule has 0 bridgehead atoms. The predicted molar refractivity (Wildman–Crippen MR) is 337 cm³/mol. The number of esters is 4. The molecule has 1 aromatic carbocycles. The second-order valence-electron chi connectivity index (χ2n) is 23.2. The van der Waals surface area contributed by atoms with Gasteiger partial charge in [0, 0.05) is 97.3 Å². The third-order valence-corrected chi connectivity index (χ3v) is 15.0. The Morgan fingerprint density at radius 2 is 0.967 bits per heavy atom. The Kier molecular flexibility index (Phi) is 41.2. The summed E-state index contributed by atoms with van der Waals surface area (Å²) in [4.78, 5) is 124. The zero-order valence-electron chi connectivity index (χ0n) is 55.6. The highest BCUT2D eigenvalue weighted by Gasteiger charge is 2.51. The number of amides is 6. The molecule has 92 heavy (non-hydrogen) atoms. The van der Waals surface area contributed by atoms with Crippen LogP contribution >= 0.6 is 0 Å². The zero-order valence-corrected chi connectivity index (χ0v) is 55.6. The topological polar surface area (TPSA) is 344 Å². The number of rotatable bonds is 48. The van der Waals surface area contributed by atoms with Gasteiger partial charge in [-0.05, 0) is 49.8 Å². The second-order valence-corrected chi connectivity index (χ2v) is 23.2. The van der Waals surface area contributed by atoms with Gasteiger partial charge in [0.25, 0.3) is 11.8 Å². The van der Waals surface area contributed by atoms with E-state index in [4.69, 9.17) is 52.1 Å². The summed E-state index contributed by atoms with van der Waals surface area (Å²) in [5.41, 5.74) is 0.528. The van der Waals surface area contributed by atoms with Crippen LogP contribution in [0, 0.1) is 5.92 Å². The van der Waals surface area contributed by atoms with Gasteiger partial charge in [-0.25, -0.2) is 0 Å². The van der Waals surface area contributed by atoms with E-state index in [9.17, 15) is 47.9 Å². The zero-order chi connectivity index (χ0) is 67.5. The molecule has 0 aromatic heterocycles. The van der Waals surface area contributed by atoms with Crippen molar-refractivity contribution in [1.82, 2.24) is 26.6 Å². The minimum absolute atomic E-state index is 0.0208. The summed E-state index contributed by atoms with van der Waals surface area (Å²) < 4.78 is 62.2. The van der Waals surface area contributed by atoms with Crippen molar-refractivity contribution in [2.45, 2.75) is 220 Å². The van der Waals surface area contributed by atoms with E-state index in [1.807, 2.05) is 6.92 Å². The number of carbonyl (C=O) groups is 10. The number of hydrogen-bond donors (Lipinski definition) is 6. The van der Waals surface area contributed by atoms with Crippen LogP contribution in [0.15, 0.2) is 18.2 Å². The lowest BCUT2D eigenvalue weighted by molar-refractivity contribution is -0.279. The van der Waals surface area contributed by atoms with Crippen LogP contribution in [-0.4, -0.2) is 201 Å². The second kappa shape index (κ2) is 47.5. The molecule has 1 saturated heterocycles. The predicted octanol–water partition coefficient (Wildman–Crippen LogP) is 5.45. The molecular weight excluding hydrogens is 1200 g/mol. The van der Waals surface area contributed by atoms with Gasteiger partial charge in [0.1, 0.15) is 24.9 Å². The van der Waals surface area contributed by atoms with Crippen LogP contribution in [0.1, 0.15) is 192 Å². The van der Waals surface area contributed by atoms with Crippen LogP contribution in [0.25, 0.3) is 0 Å². The van der Waals surface area contributed by atoms with Crippen molar-refractivity contribution < 1.29 is 100 Å². The number of carbonyl (C=O) groups excluding carboxylic acids is 10. The first-order valence-corrected chi connectivity index (χ1v) is 32.8. The maximum absolute atomic E-state index is 13.5. The van der Waals surface area contributed by atoms with E-state index in [0.717, 1.165) is 78.2 Å². The summed E-state index contributed by atoms with van der Waals surface area (Å²) in [5.74, 6) is -4.31. The fourth-order valence-corrected chi connectivity index (χ4v) is 10.6. The van der Waals surface area contributed by atoms with Gasteiger partial charge in [-0.3, -0.25) is 47.9 Å². The molecule has 0 spiro atoms. The normalized spacial score (nSPS) is 20.2. The average Bonchev–Trinajstić information content (AvgIpc) is 0.821. The first kappa shape index (κ1) is 79.9. The van der Waals surface area contributed by atoms with Crippen LogP contribution in [0.2, 0.25) is 0 Å². The maximum atomic E-state index is 13.5. The van der Waals surface area contributed by atoms with Crippen molar-refractivity contribution in [3.05, 3.63) is 29.3 Å². The summed E-state index contributed by atoms with van der Waals surface area (Å²) >= 11 is 0. The molecule has 9 atom stereocenters. The van der Waals surface area contributed by atoms with Gasteiger partial charge in [0.2, 0.25) is 23.6 Å². The van der Waals surface area contributed by atoms with E-state index in [0.29, 0.717) is 25.7 Å². The largest absolute Gasteiger partial charge is 0.463 e. The monoisotopic (exact) mass is 1310 g/mol. The molecule has 27 nitrogen and oxygen atoms in total. The lowest BCUT2D eigenvalue weighted by Gasteiger charge is -2.44. The highest BCUT2D eigenvalue weighted by atomic mass is 16.7. The molecule has 1 aliphatic heterocycles. The third kappa shape index (κ3) is 35.6. The molecule has 0 radical (unpaired) electrons. The van der Waals surface area contributed by atoms with Crippen molar-refractivity contribution in [1.29, 1.82) is 0 Å². The fourth-order valence-electron chi connectivity index (χ4n) is 10.6. The van der Waals surface area contributed by atoms with Crippen LogP contribution in [0.4, 0.5) is 5.69 Å². The van der Waals surface area contributed by atoms with Crippen LogP contribution in [0.3, 0.4) is 0 Å². The number of anilines is 1. The maximum Gasteiger partial charge on any atom is 0.303 e. The first-order valence-electron chi connectivity index (χ1n) is 32.8. The summed E-state index contributed by atoms with van der Waals surface area (Å²) in [6.45, 7) is 13.7. The standard InChI is InChI=1S/C65H106N6O21/c1-9-10-11-12-19-22-25-66-58(78)23-20-17-15-13-14-16-18-21-24-59(79)71-53-40-51(63(80)67-26-28-82-30-32-84-34-36-86-56-38-44(2)55(89-48(6)75)42-54(56)69-45(3)72)39-52(41-53)64(81)68-27-29-83-31-33-85-35-37-87-65-60(70-46(4)73)62(91-50(8)77)61(90-49(7)76)57(92-65)43-88-47(5)74/h39-41,44,54-57,60-62,65H,9-38,42-43H2,1-8H3,(H,66,78)(H,67,80)(H,68,81)(H,69,72)(H,70,73)(H,71,79)/t44-,54+,55+,56?,57+,60+,61-,62+,65?/m0/s1. The van der Waals surface area contributed by atoms with Crippen molar-refractivity contribution in [3.63, 3.8) is 0 Å². The van der Waals surface area contributed by atoms with E-state index in [1.54, 1.807) is 0 Å². The van der Waals surface area contributed by atoms with Gasteiger partial charge >= 0.3 is 23.9 Å². The molecular formula is C65H106N6O21. The molecule has 3 rings (SSSR count). The number of hydrogen-bond acceptors (Lipinski definition) is 21. The molecule has 1 aromatic rings. The summed E-state index contributed by atoms with van der Waals surface area (Å²) in [6, 6.07) is 2.98. The molecule has 2 aliphatic rings. The van der Waals surface area contributed by atoms with Crippen molar-refractivity contribution >= 4 is 65.0 Å². The lowest BCUT2D eigenvalue weighted by atomic mass is 9.82. The molecule has 522 valence electrons. The van der Waals surface area contributed by atoms with Gasteiger partial charge < -0.3 is 84.0 Å². The summed E-state index contributed by atoms with van der Waals surface area (Å²) in [5, 5.41) is 17.0.